The fourth-order valence-electron chi connectivity index (χ4n) is 2.23. The first kappa shape index (κ1) is 12.5. The van der Waals surface area contributed by atoms with Gasteiger partial charge in [-0.3, -0.25) is 9.78 Å². The Morgan fingerprint density at radius 1 is 1.20 bits per heavy atom. The predicted octanol–water partition coefficient (Wildman–Crippen LogP) is 3.38. The van der Waals surface area contributed by atoms with Crippen molar-refractivity contribution in [1.29, 1.82) is 0 Å². The van der Waals surface area contributed by atoms with Gasteiger partial charge in [-0.1, -0.05) is 12.1 Å². The summed E-state index contributed by atoms with van der Waals surface area (Å²) >= 11 is 0. The summed E-state index contributed by atoms with van der Waals surface area (Å²) in [5.74, 6) is 0.666. The van der Waals surface area contributed by atoms with Crippen LogP contribution >= 0.6 is 0 Å². The lowest BCUT2D eigenvalue weighted by molar-refractivity contribution is 0.111. The van der Waals surface area contributed by atoms with Crippen molar-refractivity contribution < 1.29 is 9.53 Å². The van der Waals surface area contributed by atoms with Gasteiger partial charge >= 0.3 is 0 Å². The molecule has 0 spiro atoms. The molecule has 3 rings (SSSR count). The van der Waals surface area contributed by atoms with Crippen LogP contribution in [0.25, 0.3) is 21.8 Å². The molecule has 1 aromatic carbocycles. The molecular weight excluding hydrogens is 252 g/mol. The number of fused-ring (bicyclic) bond motifs is 3. The SMILES string of the molecule is CC(C)Oc1cc(C=O)nc2c1ccc1cccnc12. The zero-order chi connectivity index (χ0) is 14.1. The minimum Gasteiger partial charge on any atom is -0.490 e. The monoisotopic (exact) mass is 266 g/mol. The third-order valence-corrected chi connectivity index (χ3v) is 3.02. The van der Waals surface area contributed by atoms with E-state index in [4.69, 9.17) is 4.74 Å². The third kappa shape index (κ3) is 2.09. The van der Waals surface area contributed by atoms with Crippen LogP contribution in [0.3, 0.4) is 0 Å². The Hall–Kier alpha value is -2.49. The van der Waals surface area contributed by atoms with Crippen LogP contribution in [0.2, 0.25) is 0 Å². The van der Waals surface area contributed by atoms with E-state index < -0.39 is 0 Å². The van der Waals surface area contributed by atoms with E-state index in [-0.39, 0.29) is 6.10 Å². The molecule has 0 atom stereocenters. The van der Waals surface area contributed by atoms with Gasteiger partial charge in [0, 0.05) is 23.0 Å². The highest BCUT2D eigenvalue weighted by atomic mass is 16.5. The van der Waals surface area contributed by atoms with E-state index in [0.717, 1.165) is 22.6 Å². The normalized spacial score (nSPS) is 11.2. The van der Waals surface area contributed by atoms with E-state index in [1.165, 1.54) is 0 Å². The Bertz CT molecular complexity index is 797. The molecule has 0 radical (unpaired) electrons. The molecule has 0 saturated heterocycles. The number of carbonyl (C=O) groups excluding carboxylic acids is 1. The molecule has 0 aliphatic rings. The Morgan fingerprint density at radius 2 is 2.05 bits per heavy atom. The van der Waals surface area contributed by atoms with Crippen molar-refractivity contribution in [3.63, 3.8) is 0 Å². The van der Waals surface area contributed by atoms with Gasteiger partial charge in [0.25, 0.3) is 0 Å². The molecule has 0 unspecified atom stereocenters. The first-order valence-corrected chi connectivity index (χ1v) is 6.49. The van der Waals surface area contributed by atoms with E-state index in [0.29, 0.717) is 17.0 Å². The largest absolute Gasteiger partial charge is 0.490 e. The molecule has 4 heteroatoms. The Labute approximate surface area is 116 Å². The first-order chi connectivity index (χ1) is 9.69. The van der Waals surface area contributed by atoms with E-state index in [1.54, 1.807) is 12.3 Å². The average molecular weight is 266 g/mol. The molecular formula is C16H14N2O2. The van der Waals surface area contributed by atoms with Crippen LogP contribution in [-0.4, -0.2) is 22.4 Å². The van der Waals surface area contributed by atoms with Gasteiger partial charge < -0.3 is 4.74 Å². The van der Waals surface area contributed by atoms with Crippen molar-refractivity contribution in [2.75, 3.05) is 0 Å². The second-order valence-electron chi connectivity index (χ2n) is 4.87. The number of hydrogen-bond acceptors (Lipinski definition) is 4. The molecule has 2 heterocycles. The Balaban J connectivity index is 2.39. The summed E-state index contributed by atoms with van der Waals surface area (Å²) in [6.45, 7) is 3.90. The number of aromatic nitrogens is 2. The summed E-state index contributed by atoms with van der Waals surface area (Å²) in [5, 5.41) is 1.86. The minimum absolute atomic E-state index is 0.0273. The van der Waals surface area contributed by atoms with Crippen LogP contribution in [0.5, 0.6) is 5.75 Å². The maximum Gasteiger partial charge on any atom is 0.168 e. The van der Waals surface area contributed by atoms with Crippen molar-refractivity contribution in [2.45, 2.75) is 20.0 Å². The van der Waals surface area contributed by atoms with Gasteiger partial charge in [0.15, 0.2) is 6.29 Å². The average Bonchev–Trinajstić information content (AvgIpc) is 2.46. The lowest BCUT2D eigenvalue weighted by Gasteiger charge is -2.13. The zero-order valence-electron chi connectivity index (χ0n) is 11.3. The van der Waals surface area contributed by atoms with Crippen molar-refractivity contribution in [3.05, 3.63) is 42.2 Å². The summed E-state index contributed by atoms with van der Waals surface area (Å²) < 4.78 is 5.79. The summed E-state index contributed by atoms with van der Waals surface area (Å²) in [6.07, 6.45) is 2.48. The number of ether oxygens (including phenoxy) is 1. The number of nitrogens with zero attached hydrogens (tertiary/aromatic N) is 2. The number of hydrogen-bond donors (Lipinski definition) is 0. The van der Waals surface area contributed by atoms with Gasteiger partial charge in [0.05, 0.1) is 11.6 Å². The molecule has 0 aliphatic heterocycles. The standard InChI is InChI=1S/C16H14N2O2/c1-10(2)20-14-8-12(9-19)18-16-13(14)6-5-11-4-3-7-17-15(11)16/h3-10H,1-2H3. The molecule has 3 aromatic rings. The van der Waals surface area contributed by atoms with Crippen LogP contribution in [-0.2, 0) is 0 Å². The third-order valence-electron chi connectivity index (χ3n) is 3.02. The lowest BCUT2D eigenvalue weighted by Crippen LogP contribution is -2.07. The van der Waals surface area contributed by atoms with Crippen LogP contribution in [0.4, 0.5) is 0 Å². The smallest absolute Gasteiger partial charge is 0.168 e. The van der Waals surface area contributed by atoms with Gasteiger partial charge in [-0.25, -0.2) is 4.98 Å². The first-order valence-electron chi connectivity index (χ1n) is 6.49. The maximum absolute atomic E-state index is 11.1. The number of rotatable bonds is 3. The molecule has 20 heavy (non-hydrogen) atoms. The van der Waals surface area contributed by atoms with E-state index in [2.05, 4.69) is 9.97 Å². The summed E-state index contributed by atoms with van der Waals surface area (Å²) in [7, 11) is 0. The van der Waals surface area contributed by atoms with Crippen molar-refractivity contribution >= 4 is 28.1 Å². The van der Waals surface area contributed by atoms with E-state index in [9.17, 15) is 4.79 Å². The maximum atomic E-state index is 11.1. The van der Waals surface area contributed by atoms with Crippen LogP contribution in [0.15, 0.2) is 36.5 Å². The van der Waals surface area contributed by atoms with E-state index >= 15 is 0 Å². The minimum atomic E-state index is 0.0273. The number of pyridine rings is 2. The molecule has 0 N–H and O–H groups in total. The van der Waals surface area contributed by atoms with Crippen molar-refractivity contribution in [3.8, 4) is 5.75 Å². The molecule has 0 saturated carbocycles. The molecule has 0 aliphatic carbocycles. The molecule has 0 bridgehead atoms. The van der Waals surface area contributed by atoms with Gasteiger partial charge in [0.2, 0.25) is 0 Å². The summed E-state index contributed by atoms with van der Waals surface area (Å²) in [6, 6.07) is 9.46. The topological polar surface area (TPSA) is 52.1 Å². The summed E-state index contributed by atoms with van der Waals surface area (Å²) in [5.41, 5.74) is 1.83. The fraction of sp³-hybridized carbons (Fsp3) is 0.188. The molecule has 2 aromatic heterocycles. The van der Waals surface area contributed by atoms with Gasteiger partial charge in [-0.2, -0.15) is 0 Å². The highest BCUT2D eigenvalue weighted by Gasteiger charge is 2.11. The molecule has 0 fully saturated rings. The number of benzene rings is 1. The molecule has 100 valence electrons. The highest BCUT2D eigenvalue weighted by Crippen LogP contribution is 2.30. The number of aldehydes is 1. The Kier molecular flexibility index (Phi) is 3.06. The van der Waals surface area contributed by atoms with E-state index in [1.807, 2.05) is 38.1 Å². The lowest BCUT2D eigenvalue weighted by atomic mass is 10.1. The second-order valence-corrected chi connectivity index (χ2v) is 4.87. The van der Waals surface area contributed by atoms with Gasteiger partial charge in [-0.05, 0) is 26.0 Å². The van der Waals surface area contributed by atoms with Gasteiger partial charge in [0.1, 0.15) is 17.0 Å². The zero-order valence-corrected chi connectivity index (χ0v) is 11.3. The van der Waals surface area contributed by atoms with Crippen molar-refractivity contribution in [1.82, 2.24) is 9.97 Å². The highest BCUT2D eigenvalue weighted by molar-refractivity contribution is 6.05. The Morgan fingerprint density at radius 3 is 2.80 bits per heavy atom. The second kappa shape index (κ2) is 4.89. The van der Waals surface area contributed by atoms with Crippen LogP contribution in [0.1, 0.15) is 24.3 Å². The number of carbonyl (C=O) groups is 1. The van der Waals surface area contributed by atoms with Crippen LogP contribution in [0, 0.1) is 0 Å². The van der Waals surface area contributed by atoms with Crippen molar-refractivity contribution in [2.24, 2.45) is 0 Å². The van der Waals surface area contributed by atoms with Crippen LogP contribution < -0.4 is 4.74 Å². The summed E-state index contributed by atoms with van der Waals surface area (Å²) in [4.78, 5) is 19.8. The quantitative estimate of drug-likeness (QED) is 0.538. The van der Waals surface area contributed by atoms with Gasteiger partial charge in [-0.15, -0.1) is 0 Å². The molecule has 4 nitrogen and oxygen atoms in total. The predicted molar refractivity (Wildman–Crippen MR) is 78.2 cm³/mol. The molecule has 0 amide bonds. The fourth-order valence-corrected chi connectivity index (χ4v) is 2.23.